The van der Waals surface area contributed by atoms with Crippen molar-refractivity contribution in [3.63, 3.8) is 0 Å². The first-order valence-electron chi connectivity index (χ1n) is 7.96. The largest absolute Gasteiger partial charge is 0.452 e. The summed E-state index contributed by atoms with van der Waals surface area (Å²) in [6.45, 7) is 7.39. The Bertz CT molecular complexity index is 749. The van der Waals surface area contributed by atoms with E-state index >= 15 is 0 Å². The van der Waals surface area contributed by atoms with E-state index in [0.29, 0.717) is 12.0 Å². The lowest BCUT2D eigenvalue weighted by atomic mass is 10.2. The lowest BCUT2D eigenvalue weighted by Crippen LogP contribution is -2.38. The van der Waals surface area contributed by atoms with Crippen molar-refractivity contribution in [2.45, 2.75) is 46.2 Å². The highest BCUT2D eigenvalue weighted by Gasteiger charge is 2.29. The van der Waals surface area contributed by atoms with Crippen LogP contribution in [0.15, 0.2) is 6.07 Å². The molecule has 1 aliphatic rings. The van der Waals surface area contributed by atoms with E-state index in [-0.39, 0.29) is 17.5 Å². The zero-order chi connectivity index (χ0) is 18.1. The Morgan fingerprint density at radius 1 is 1.38 bits per heavy atom. The number of carbonyl (C=O) groups is 2. The zero-order valence-electron chi connectivity index (χ0n) is 14.5. The van der Waals surface area contributed by atoms with Crippen molar-refractivity contribution in [3.8, 4) is 0 Å². The molecule has 2 heterocycles. The van der Waals surface area contributed by atoms with Crippen LogP contribution in [-0.2, 0) is 19.4 Å². The van der Waals surface area contributed by atoms with Crippen molar-refractivity contribution in [1.82, 2.24) is 9.88 Å². The highest BCUT2D eigenvalue weighted by Crippen LogP contribution is 2.20. The van der Waals surface area contributed by atoms with Crippen LogP contribution < -0.4 is 5.32 Å². The highest BCUT2D eigenvalue weighted by atomic mass is 32.2. The molecule has 134 valence electrons. The average Bonchev–Trinajstić information content (AvgIpc) is 2.95. The van der Waals surface area contributed by atoms with Crippen molar-refractivity contribution in [1.29, 1.82) is 0 Å². The molecule has 1 aromatic rings. The molecule has 2 rings (SSSR count). The lowest BCUT2D eigenvalue weighted by Gasteiger charge is -2.14. The fourth-order valence-electron chi connectivity index (χ4n) is 3.17. The van der Waals surface area contributed by atoms with Crippen LogP contribution >= 0.6 is 0 Å². The second kappa shape index (κ2) is 6.96. The van der Waals surface area contributed by atoms with E-state index in [2.05, 4.69) is 5.32 Å². The summed E-state index contributed by atoms with van der Waals surface area (Å²) in [7, 11) is -3.06. The molecule has 1 aliphatic heterocycles. The number of aromatic nitrogens is 1. The van der Waals surface area contributed by atoms with Crippen LogP contribution in [0.1, 0.15) is 48.1 Å². The molecule has 7 nitrogen and oxygen atoms in total. The van der Waals surface area contributed by atoms with E-state index in [1.807, 2.05) is 32.3 Å². The maximum Gasteiger partial charge on any atom is 0.340 e. The topological polar surface area (TPSA) is 94.5 Å². The number of rotatable bonds is 5. The minimum absolute atomic E-state index is 0.0533. The molecule has 1 atom stereocenters. The number of nitrogens with one attached hydrogen (secondary N) is 1. The molecule has 0 aliphatic carbocycles. The van der Waals surface area contributed by atoms with Gasteiger partial charge in [-0.05, 0) is 40.2 Å². The smallest absolute Gasteiger partial charge is 0.340 e. The molecule has 0 saturated carbocycles. The summed E-state index contributed by atoms with van der Waals surface area (Å²) in [5, 5.41) is 2.59. The summed E-state index contributed by atoms with van der Waals surface area (Å²) in [5.41, 5.74) is 2.20. The van der Waals surface area contributed by atoms with Crippen LogP contribution in [0.5, 0.6) is 0 Å². The molecular formula is C16H24N2O5S. The van der Waals surface area contributed by atoms with Gasteiger partial charge < -0.3 is 14.6 Å². The van der Waals surface area contributed by atoms with Crippen molar-refractivity contribution < 1.29 is 22.7 Å². The Hall–Kier alpha value is -1.83. The standard InChI is InChI=1S/C16H24N2O5S/c1-10(2)18-11(3)7-14(12(18)4)16(20)23-8-15(19)17-13-5-6-24(21,22)9-13/h7,10,13H,5-6,8-9H2,1-4H3,(H,17,19). The minimum atomic E-state index is -3.06. The van der Waals surface area contributed by atoms with Crippen LogP contribution in [0.25, 0.3) is 0 Å². The van der Waals surface area contributed by atoms with E-state index in [0.717, 1.165) is 11.4 Å². The summed E-state index contributed by atoms with van der Waals surface area (Å²) in [5.74, 6) is -1.01. The first-order valence-corrected chi connectivity index (χ1v) is 9.78. The average molecular weight is 356 g/mol. The van der Waals surface area contributed by atoms with Crippen LogP contribution in [0.2, 0.25) is 0 Å². The predicted molar refractivity (Wildman–Crippen MR) is 89.8 cm³/mol. The second-order valence-electron chi connectivity index (χ2n) is 6.49. The molecule has 0 aromatic carbocycles. The number of hydrogen-bond acceptors (Lipinski definition) is 5. The van der Waals surface area contributed by atoms with Crippen LogP contribution in [-0.4, -0.2) is 49.0 Å². The number of hydrogen-bond donors (Lipinski definition) is 1. The van der Waals surface area contributed by atoms with Crippen molar-refractivity contribution in [2.24, 2.45) is 0 Å². The second-order valence-corrected chi connectivity index (χ2v) is 8.72. The number of nitrogens with zero attached hydrogens (tertiary/aromatic N) is 1. The number of aryl methyl sites for hydroxylation is 1. The third kappa shape index (κ3) is 4.17. The van der Waals surface area contributed by atoms with E-state index in [1.165, 1.54) is 0 Å². The van der Waals surface area contributed by atoms with Gasteiger partial charge in [-0.3, -0.25) is 4.79 Å². The summed E-state index contributed by atoms with van der Waals surface area (Å²) in [6.07, 6.45) is 0.400. The van der Waals surface area contributed by atoms with Gasteiger partial charge in [-0.25, -0.2) is 13.2 Å². The SMILES string of the molecule is Cc1cc(C(=O)OCC(=O)NC2CCS(=O)(=O)C2)c(C)n1C(C)C. The predicted octanol–water partition coefficient (Wildman–Crippen LogP) is 1.15. The van der Waals surface area contributed by atoms with Gasteiger partial charge in [0, 0.05) is 23.5 Å². The van der Waals surface area contributed by atoms with E-state index in [9.17, 15) is 18.0 Å². The Morgan fingerprint density at radius 3 is 2.54 bits per heavy atom. The maximum atomic E-state index is 12.2. The monoisotopic (exact) mass is 356 g/mol. The van der Waals surface area contributed by atoms with Crippen molar-refractivity contribution in [3.05, 3.63) is 23.0 Å². The molecule has 0 spiro atoms. The summed E-state index contributed by atoms with van der Waals surface area (Å²) in [6, 6.07) is 1.57. The molecule has 8 heteroatoms. The van der Waals surface area contributed by atoms with Crippen molar-refractivity contribution in [2.75, 3.05) is 18.1 Å². The molecule has 1 fully saturated rings. The molecular weight excluding hydrogens is 332 g/mol. The van der Waals surface area contributed by atoms with Gasteiger partial charge in [-0.1, -0.05) is 0 Å². The normalized spacial score (nSPS) is 19.5. The summed E-state index contributed by atoms with van der Waals surface area (Å²) in [4.78, 5) is 24.0. The molecule has 0 bridgehead atoms. The molecule has 1 amide bonds. The van der Waals surface area contributed by atoms with Crippen LogP contribution in [0, 0.1) is 13.8 Å². The molecule has 0 radical (unpaired) electrons. The zero-order valence-corrected chi connectivity index (χ0v) is 15.3. The quantitative estimate of drug-likeness (QED) is 0.799. The summed E-state index contributed by atoms with van der Waals surface area (Å²) < 4.78 is 29.8. The fourth-order valence-corrected chi connectivity index (χ4v) is 4.84. The number of ether oxygens (including phenoxy) is 1. The van der Waals surface area contributed by atoms with Gasteiger partial charge in [0.25, 0.3) is 5.91 Å². The van der Waals surface area contributed by atoms with Gasteiger partial charge in [0.05, 0.1) is 17.1 Å². The first kappa shape index (κ1) is 18.5. The van der Waals surface area contributed by atoms with E-state index in [4.69, 9.17) is 4.74 Å². The third-order valence-electron chi connectivity index (χ3n) is 4.15. The van der Waals surface area contributed by atoms with Gasteiger partial charge in [0.15, 0.2) is 16.4 Å². The first-order chi connectivity index (χ1) is 11.1. The van der Waals surface area contributed by atoms with E-state index < -0.39 is 34.4 Å². The molecule has 1 N–H and O–H groups in total. The number of sulfone groups is 1. The highest BCUT2D eigenvalue weighted by molar-refractivity contribution is 7.91. The third-order valence-corrected chi connectivity index (χ3v) is 5.92. The molecule has 1 saturated heterocycles. The molecule has 1 aromatic heterocycles. The van der Waals surface area contributed by atoms with Gasteiger partial charge in [0.2, 0.25) is 0 Å². The Balaban J connectivity index is 1.92. The van der Waals surface area contributed by atoms with Crippen LogP contribution in [0.4, 0.5) is 0 Å². The van der Waals surface area contributed by atoms with Gasteiger partial charge in [-0.2, -0.15) is 0 Å². The minimum Gasteiger partial charge on any atom is -0.452 e. The summed E-state index contributed by atoms with van der Waals surface area (Å²) >= 11 is 0. The Kier molecular flexibility index (Phi) is 5.37. The van der Waals surface area contributed by atoms with Crippen molar-refractivity contribution >= 4 is 21.7 Å². The Morgan fingerprint density at radius 2 is 2.04 bits per heavy atom. The van der Waals surface area contributed by atoms with Gasteiger partial charge in [0.1, 0.15) is 0 Å². The molecule has 1 unspecified atom stereocenters. The fraction of sp³-hybridized carbons (Fsp3) is 0.625. The Labute approximate surface area is 142 Å². The molecule has 24 heavy (non-hydrogen) atoms. The number of amides is 1. The number of esters is 1. The van der Waals surface area contributed by atoms with Gasteiger partial charge in [-0.15, -0.1) is 0 Å². The van der Waals surface area contributed by atoms with Gasteiger partial charge >= 0.3 is 5.97 Å². The van der Waals surface area contributed by atoms with E-state index in [1.54, 1.807) is 6.07 Å². The van der Waals surface area contributed by atoms with Crippen LogP contribution in [0.3, 0.4) is 0 Å². The maximum absolute atomic E-state index is 12.2. The lowest BCUT2D eigenvalue weighted by molar-refractivity contribution is -0.124. The number of carbonyl (C=O) groups excluding carboxylic acids is 2.